The molecule has 3 heteroatoms. The first-order valence-corrected chi connectivity index (χ1v) is 5.13. The predicted molar refractivity (Wildman–Crippen MR) is 51.4 cm³/mol. The fraction of sp³-hybridized carbons (Fsp3) is 0.900. The number of hydrogen-bond donors (Lipinski definition) is 2. The first-order chi connectivity index (χ1) is 6.15. The Morgan fingerprint density at radius 2 is 2.00 bits per heavy atom. The van der Waals surface area contributed by atoms with Gasteiger partial charge in [0.05, 0.1) is 0 Å². The zero-order valence-electron chi connectivity index (χ0n) is 8.20. The fourth-order valence-corrected chi connectivity index (χ4v) is 2.16. The second-order valence-corrected chi connectivity index (χ2v) is 4.05. The van der Waals surface area contributed by atoms with E-state index in [-0.39, 0.29) is 5.92 Å². The van der Waals surface area contributed by atoms with Crippen molar-refractivity contribution in [3.05, 3.63) is 0 Å². The molecular weight excluding hydrogens is 166 g/mol. The van der Waals surface area contributed by atoms with E-state index in [9.17, 15) is 4.79 Å². The van der Waals surface area contributed by atoms with Gasteiger partial charge in [0.25, 0.3) is 0 Å². The highest BCUT2D eigenvalue weighted by Crippen LogP contribution is 2.31. The molecule has 1 aliphatic carbocycles. The molecule has 0 amide bonds. The van der Waals surface area contributed by atoms with Crippen molar-refractivity contribution in [1.29, 1.82) is 0 Å². The molecular formula is C10H19NO2. The van der Waals surface area contributed by atoms with E-state index in [1.807, 2.05) is 0 Å². The Kier molecular flexibility index (Phi) is 3.72. The molecule has 0 unspecified atom stereocenters. The normalized spacial score (nSPS) is 31.2. The minimum Gasteiger partial charge on any atom is -0.480 e. The molecule has 0 saturated heterocycles. The summed E-state index contributed by atoms with van der Waals surface area (Å²) >= 11 is 0. The largest absolute Gasteiger partial charge is 0.480 e. The van der Waals surface area contributed by atoms with Crippen LogP contribution in [0.5, 0.6) is 0 Å². The Bertz CT molecular complexity index is 174. The highest BCUT2D eigenvalue weighted by atomic mass is 16.4. The number of carbonyl (C=O) groups is 1. The lowest BCUT2D eigenvalue weighted by Crippen LogP contribution is -2.39. The minimum absolute atomic E-state index is 0.209. The molecule has 0 bridgehead atoms. The van der Waals surface area contributed by atoms with Gasteiger partial charge in [0.15, 0.2) is 0 Å². The van der Waals surface area contributed by atoms with Crippen molar-refractivity contribution in [2.75, 3.05) is 0 Å². The second kappa shape index (κ2) is 4.61. The third-order valence-electron chi connectivity index (χ3n) is 3.26. The van der Waals surface area contributed by atoms with E-state index >= 15 is 0 Å². The van der Waals surface area contributed by atoms with Crippen LogP contribution in [0.1, 0.15) is 39.0 Å². The van der Waals surface area contributed by atoms with Crippen LogP contribution >= 0.6 is 0 Å². The minimum atomic E-state index is -0.847. The number of hydrogen-bond acceptors (Lipinski definition) is 2. The molecule has 0 heterocycles. The number of carboxylic acid groups (broad SMARTS) is 1. The molecule has 1 saturated carbocycles. The summed E-state index contributed by atoms with van der Waals surface area (Å²) in [6.07, 6.45) is 5.51. The van der Waals surface area contributed by atoms with Crippen molar-refractivity contribution in [3.8, 4) is 0 Å². The highest BCUT2D eigenvalue weighted by molar-refractivity contribution is 5.73. The molecule has 0 aromatic heterocycles. The molecule has 0 spiro atoms. The van der Waals surface area contributed by atoms with Crippen LogP contribution < -0.4 is 5.73 Å². The van der Waals surface area contributed by atoms with Gasteiger partial charge in [0, 0.05) is 0 Å². The Morgan fingerprint density at radius 3 is 2.38 bits per heavy atom. The van der Waals surface area contributed by atoms with Gasteiger partial charge >= 0.3 is 5.97 Å². The molecule has 0 aromatic rings. The van der Waals surface area contributed by atoms with E-state index in [2.05, 4.69) is 6.92 Å². The number of carboxylic acids is 1. The summed E-state index contributed by atoms with van der Waals surface area (Å²) in [7, 11) is 0. The predicted octanol–water partition coefficient (Wildman–Crippen LogP) is 1.61. The van der Waals surface area contributed by atoms with Crippen LogP contribution in [0.25, 0.3) is 0 Å². The topological polar surface area (TPSA) is 63.3 Å². The van der Waals surface area contributed by atoms with Gasteiger partial charge in [0.2, 0.25) is 0 Å². The van der Waals surface area contributed by atoms with Gasteiger partial charge in [-0.25, -0.2) is 0 Å². The molecule has 13 heavy (non-hydrogen) atoms. The van der Waals surface area contributed by atoms with Gasteiger partial charge in [-0.15, -0.1) is 0 Å². The van der Waals surface area contributed by atoms with Crippen LogP contribution in [-0.4, -0.2) is 17.1 Å². The summed E-state index contributed by atoms with van der Waals surface area (Å²) in [5.41, 5.74) is 5.58. The third-order valence-corrected chi connectivity index (χ3v) is 3.26. The summed E-state index contributed by atoms with van der Waals surface area (Å²) in [6, 6.07) is -0.641. The quantitative estimate of drug-likeness (QED) is 0.702. The van der Waals surface area contributed by atoms with Crippen LogP contribution in [0.15, 0.2) is 0 Å². The first kappa shape index (κ1) is 10.5. The van der Waals surface area contributed by atoms with E-state index in [4.69, 9.17) is 10.8 Å². The second-order valence-electron chi connectivity index (χ2n) is 4.05. The molecule has 0 radical (unpaired) electrons. The fourth-order valence-electron chi connectivity index (χ4n) is 2.16. The standard InChI is InChI=1S/C10H19NO2/c1-2-7-3-5-8(6-4-7)9(11)10(12)13/h7-9H,2-6,11H2,1H3,(H,12,13)/t7?,8?,9-/m0/s1. The lowest BCUT2D eigenvalue weighted by atomic mass is 9.78. The van der Waals surface area contributed by atoms with E-state index in [1.165, 1.54) is 6.42 Å². The maximum Gasteiger partial charge on any atom is 0.320 e. The van der Waals surface area contributed by atoms with Gasteiger partial charge < -0.3 is 10.8 Å². The third kappa shape index (κ3) is 2.69. The van der Waals surface area contributed by atoms with Gasteiger partial charge in [-0.2, -0.15) is 0 Å². The molecule has 76 valence electrons. The maximum atomic E-state index is 10.6. The van der Waals surface area contributed by atoms with Crippen LogP contribution in [0.2, 0.25) is 0 Å². The molecule has 1 rings (SSSR count). The van der Waals surface area contributed by atoms with Crippen molar-refractivity contribution in [1.82, 2.24) is 0 Å². The van der Waals surface area contributed by atoms with E-state index < -0.39 is 12.0 Å². The molecule has 3 nitrogen and oxygen atoms in total. The van der Waals surface area contributed by atoms with Crippen molar-refractivity contribution < 1.29 is 9.90 Å². The van der Waals surface area contributed by atoms with Crippen molar-refractivity contribution in [2.45, 2.75) is 45.1 Å². The summed E-state index contributed by atoms with van der Waals surface area (Å²) in [5.74, 6) is 0.164. The number of nitrogens with two attached hydrogens (primary N) is 1. The van der Waals surface area contributed by atoms with Crippen LogP contribution in [0.3, 0.4) is 0 Å². The molecule has 1 fully saturated rings. The average molecular weight is 185 g/mol. The average Bonchev–Trinajstić information content (AvgIpc) is 2.17. The smallest absolute Gasteiger partial charge is 0.320 e. The zero-order chi connectivity index (χ0) is 9.84. The summed E-state index contributed by atoms with van der Waals surface area (Å²) in [6.45, 7) is 2.20. The van der Waals surface area contributed by atoms with Gasteiger partial charge in [0.1, 0.15) is 6.04 Å². The first-order valence-electron chi connectivity index (χ1n) is 5.13. The molecule has 3 N–H and O–H groups in total. The zero-order valence-corrected chi connectivity index (χ0v) is 8.20. The maximum absolute atomic E-state index is 10.6. The monoisotopic (exact) mass is 185 g/mol. The van der Waals surface area contributed by atoms with E-state index in [0.29, 0.717) is 0 Å². The Hall–Kier alpha value is -0.570. The van der Waals surface area contributed by atoms with E-state index in [1.54, 1.807) is 0 Å². The molecule has 1 atom stereocenters. The van der Waals surface area contributed by atoms with Crippen molar-refractivity contribution >= 4 is 5.97 Å². The molecule has 0 aromatic carbocycles. The van der Waals surface area contributed by atoms with Crippen LogP contribution in [0.4, 0.5) is 0 Å². The van der Waals surface area contributed by atoms with Gasteiger partial charge in [-0.3, -0.25) is 4.79 Å². The number of rotatable bonds is 3. The summed E-state index contributed by atoms with van der Waals surface area (Å²) in [4.78, 5) is 10.6. The van der Waals surface area contributed by atoms with Crippen LogP contribution in [0, 0.1) is 11.8 Å². The molecule has 0 aliphatic heterocycles. The summed E-state index contributed by atoms with van der Waals surface area (Å²) < 4.78 is 0. The van der Waals surface area contributed by atoms with E-state index in [0.717, 1.165) is 31.6 Å². The lowest BCUT2D eigenvalue weighted by Gasteiger charge is -2.29. The highest BCUT2D eigenvalue weighted by Gasteiger charge is 2.28. The van der Waals surface area contributed by atoms with Crippen molar-refractivity contribution in [2.24, 2.45) is 17.6 Å². The van der Waals surface area contributed by atoms with Crippen LogP contribution in [-0.2, 0) is 4.79 Å². The molecule has 1 aliphatic rings. The Labute approximate surface area is 79.3 Å². The van der Waals surface area contributed by atoms with Crippen molar-refractivity contribution in [3.63, 3.8) is 0 Å². The van der Waals surface area contributed by atoms with Gasteiger partial charge in [-0.1, -0.05) is 26.2 Å². The SMILES string of the molecule is CCC1CCC([C@H](N)C(=O)O)CC1. The Balaban J connectivity index is 2.36. The Morgan fingerprint density at radius 1 is 1.46 bits per heavy atom. The summed E-state index contributed by atoms with van der Waals surface area (Å²) in [5, 5.41) is 8.73. The van der Waals surface area contributed by atoms with Gasteiger partial charge in [-0.05, 0) is 24.7 Å². The number of aliphatic carboxylic acids is 1. The lowest BCUT2D eigenvalue weighted by molar-refractivity contribution is -0.140.